The molecule has 108 valence electrons. The SMILES string of the molecule is CCNCC1CCCN(Cc2ccc(C#N)cc2C)C1. The van der Waals surface area contributed by atoms with Crippen LogP contribution in [-0.4, -0.2) is 31.1 Å². The van der Waals surface area contributed by atoms with Gasteiger partial charge in [0.05, 0.1) is 11.6 Å². The van der Waals surface area contributed by atoms with Crippen LogP contribution >= 0.6 is 0 Å². The Morgan fingerprint density at radius 3 is 3.00 bits per heavy atom. The Kier molecular flexibility index (Phi) is 5.58. The van der Waals surface area contributed by atoms with Crippen LogP contribution in [0.1, 0.15) is 36.5 Å². The van der Waals surface area contributed by atoms with E-state index in [1.54, 1.807) is 0 Å². The van der Waals surface area contributed by atoms with E-state index in [0.29, 0.717) is 0 Å². The molecule has 0 spiro atoms. The summed E-state index contributed by atoms with van der Waals surface area (Å²) in [4.78, 5) is 2.56. The van der Waals surface area contributed by atoms with Gasteiger partial charge in [0, 0.05) is 13.1 Å². The van der Waals surface area contributed by atoms with Crippen molar-refractivity contribution in [1.29, 1.82) is 5.26 Å². The fourth-order valence-electron chi connectivity index (χ4n) is 2.99. The van der Waals surface area contributed by atoms with Gasteiger partial charge in [-0.3, -0.25) is 4.90 Å². The van der Waals surface area contributed by atoms with Gasteiger partial charge in [0.15, 0.2) is 0 Å². The minimum atomic E-state index is 0.759. The fraction of sp³-hybridized carbons (Fsp3) is 0.588. The van der Waals surface area contributed by atoms with Crippen LogP contribution in [0.5, 0.6) is 0 Å². The van der Waals surface area contributed by atoms with Crippen LogP contribution in [0.3, 0.4) is 0 Å². The van der Waals surface area contributed by atoms with Crippen molar-refractivity contribution in [3.8, 4) is 6.07 Å². The second-order valence-corrected chi connectivity index (χ2v) is 5.80. The Balaban J connectivity index is 1.94. The molecule has 1 N–H and O–H groups in total. The van der Waals surface area contributed by atoms with E-state index in [1.807, 2.05) is 12.1 Å². The van der Waals surface area contributed by atoms with Crippen molar-refractivity contribution >= 4 is 0 Å². The molecule has 0 radical (unpaired) electrons. The van der Waals surface area contributed by atoms with Crippen molar-refractivity contribution in [3.05, 3.63) is 34.9 Å². The lowest BCUT2D eigenvalue weighted by Crippen LogP contribution is -2.39. The molecule has 1 saturated heterocycles. The van der Waals surface area contributed by atoms with Crippen LogP contribution in [-0.2, 0) is 6.54 Å². The second kappa shape index (κ2) is 7.42. The molecule has 0 saturated carbocycles. The lowest BCUT2D eigenvalue weighted by molar-refractivity contribution is 0.165. The molecule has 0 aromatic heterocycles. The predicted molar refractivity (Wildman–Crippen MR) is 82.4 cm³/mol. The fourth-order valence-corrected chi connectivity index (χ4v) is 2.99. The maximum Gasteiger partial charge on any atom is 0.0991 e. The topological polar surface area (TPSA) is 39.1 Å². The molecule has 2 rings (SSSR count). The van der Waals surface area contributed by atoms with E-state index in [1.165, 1.54) is 37.1 Å². The third-order valence-electron chi connectivity index (χ3n) is 4.15. The number of nitrogens with zero attached hydrogens (tertiary/aromatic N) is 2. The van der Waals surface area contributed by atoms with Crippen LogP contribution in [0.15, 0.2) is 18.2 Å². The van der Waals surface area contributed by atoms with E-state index < -0.39 is 0 Å². The average Bonchev–Trinajstić information content (AvgIpc) is 2.47. The smallest absolute Gasteiger partial charge is 0.0991 e. The van der Waals surface area contributed by atoms with Gasteiger partial charge in [-0.15, -0.1) is 0 Å². The van der Waals surface area contributed by atoms with E-state index in [0.717, 1.165) is 31.1 Å². The zero-order valence-electron chi connectivity index (χ0n) is 12.7. The second-order valence-electron chi connectivity index (χ2n) is 5.80. The first-order chi connectivity index (χ1) is 9.72. The van der Waals surface area contributed by atoms with E-state index in [2.05, 4.69) is 36.2 Å². The molecule has 3 nitrogen and oxygen atoms in total. The highest BCUT2D eigenvalue weighted by Crippen LogP contribution is 2.20. The van der Waals surface area contributed by atoms with Gasteiger partial charge in [-0.05, 0) is 68.6 Å². The first kappa shape index (κ1) is 15.0. The van der Waals surface area contributed by atoms with Crippen molar-refractivity contribution in [2.24, 2.45) is 5.92 Å². The Bertz CT molecular complexity index is 476. The van der Waals surface area contributed by atoms with Crippen LogP contribution in [0, 0.1) is 24.2 Å². The van der Waals surface area contributed by atoms with E-state index in [9.17, 15) is 0 Å². The number of nitrogens with one attached hydrogen (secondary N) is 1. The lowest BCUT2D eigenvalue weighted by Gasteiger charge is -2.33. The zero-order chi connectivity index (χ0) is 14.4. The molecule has 1 heterocycles. The van der Waals surface area contributed by atoms with Crippen molar-refractivity contribution in [1.82, 2.24) is 10.2 Å². The highest BCUT2D eigenvalue weighted by atomic mass is 15.1. The van der Waals surface area contributed by atoms with E-state index in [-0.39, 0.29) is 0 Å². The van der Waals surface area contributed by atoms with Gasteiger partial charge in [0.25, 0.3) is 0 Å². The summed E-state index contributed by atoms with van der Waals surface area (Å²) in [6, 6.07) is 8.25. The number of hydrogen-bond donors (Lipinski definition) is 1. The molecule has 3 heteroatoms. The molecule has 1 aliphatic heterocycles. The Morgan fingerprint density at radius 2 is 2.30 bits per heavy atom. The summed E-state index contributed by atoms with van der Waals surface area (Å²) in [7, 11) is 0. The average molecular weight is 271 g/mol. The molecule has 1 unspecified atom stereocenters. The molecule has 0 aliphatic carbocycles. The molecule has 1 aliphatic rings. The third kappa shape index (κ3) is 4.06. The summed E-state index contributed by atoms with van der Waals surface area (Å²) in [6.07, 6.45) is 2.64. The molecule has 1 fully saturated rings. The number of hydrogen-bond acceptors (Lipinski definition) is 3. The maximum atomic E-state index is 8.92. The number of rotatable bonds is 5. The largest absolute Gasteiger partial charge is 0.317 e. The molecule has 0 amide bonds. The molecule has 1 aromatic rings. The number of aryl methyl sites for hydroxylation is 1. The highest BCUT2D eigenvalue weighted by Gasteiger charge is 2.19. The summed E-state index contributed by atoms with van der Waals surface area (Å²) in [5.41, 5.74) is 3.35. The highest BCUT2D eigenvalue weighted by molar-refractivity contribution is 5.37. The normalized spacial score (nSPS) is 19.8. The maximum absolute atomic E-state index is 8.92. The van der Waals surface area contributed by atoms with Gasteiger partial charge >= 0.3 is 0 Å². The van der Waals surface area contributed by atoms with Crippen molar-refractivity contribution in [2.45, 2.75) is 33.2 Å². The van der Waals surface area contributed by atoms with Gasteiger partial charge in [-0.25, -0.2) is 0 Å². The van der Waals surface area contributed by atoms with Gasteiger partial charge in [0.2, 0.25) is 0 Å². The summed E-state index contributed by atoms with van der Waals surface area (Å²) in [5, 5.41) is 12.4. The number of piperidine rings is 1. The number of likely N-dealkylation sites (tertiary alicyclic amines) is 1. The Labute approximate surface area is 122 Å². The minimum Gasteiger partial charge on any atom is -0.317 e. The third-order valence-corrected chi connectivity index (χ3v) is 4.15. The molecule has 1 atom stereocenters. The van der Waals surface area contributed by atoms with E-state index >= 15 is 0 Å². The molecule has 1 aromatic carbocycles. The van der Waals surface area contributed by atoms with Crippen LogP contribution in [0.25, 0.3) is 0 Å². The zero-order valence-corrected chi connectivity index (χ0v) is 12.7. The molecular formula is C17H25N3. The minimum absolute atomic E-state index is 0.759. The first-order valence-corrected chi connectivity index (χ1v) is 7.65. The van der Waals surface area contributed by atoms with E-state index in [4.69, 9.17) is 5.26 Å². The van der Waals surface area contributed by atoms with Crippen LogP contribution in [0.2, 0.25) is 0 Å². The standard InChI is InChI=1S/C17H25N3/c1-3-19-11-16-5-4-8-20(12-16)13-17-7-6-15(10-18)9-14(17)2/h6-7,9,16,19H,3-5,8,11-13H2,1-2H3. The predicted octanol–water partition coefficient (Wildman–Crippen LogP) is 2.69. The van der Waals surface area contributed by atoms with Crippen LogP contribution < -0.4 is 5.32 Å². The Morgan fingerprint density at radius 1 is 1.45 bits per heavy atom. The molecular weight excluding hydrogens is 246 g/mol. The molecule has 0 bridgehead atoms. The van der Waals surface area contributed by atoms with Gasteiger partial charge in [-0.2, -0.15) is 5.26 Å². The monoisotopic (exact) mass is 271 g/mol. The summed E-state index contributed by atoms with van der Waals surface area (Å²) < 4.78 is 0. The van der Waals surface area contributed by atoms with Gasteiger partial charge in [0.1, 0.15) is 0 Å². The Hall–Kier alpha value is -1.37. The molecule has 20 heavy (non-hydrogen) atoms. The summed E-state index contributed by atoms with van der Waals surface area (Å²) in [6.45, 7) is 9.87. The van der Waals surface area contributed by atoms with Gasteiger partial charge < -0.3 is 5.32 Å². The van der Waals surface area contributed by atoms with Crippen molar-refractivity contribution < 1.29 is 0 Å². The number of benzene rings is 1. The lowest BCUT2D eigenvalue weighted by atomic mass is 9.96. The van der Waals surface area contributed by atoms with Crippen LogP contribution in [0.4, 0.5) is 0 Å². The number of nitriles is 1. The van der Waals surface area contributed by atoms with Crippen molar-refractivity contribution in [3.63, 3.8) is 0 Å². The summed E-state index contributed by atoms with van der Waals surface area (Å²) >= 11 is 0. The van der Waals surface area contributed by atoms with Crippen molar-refractivity contribution in [2.75, 3.05) is 26.2 Å². The van der Waals surface area contributed by atoms with Gasteiger partial charge in [-0.1, -0.05) is 13.0 Å². The quantitative estimate of drug-likeness (QED) is 0.895. The first-order valence-electron chi connectivity index (χ1n) is 7.65. The summed E-state index contributed by atoms with van der Waals surface area (Å²) in [5.74, 6) is 0.780.